The van der Waals surface area contributed by atoms with E-state index < -0.39 is 0 Å². The smallest absolute Gasteiger partial charge is 0.277 e. The lowest BCUT2D eigenvalue weighted by atomic mass is 10.1. The summed E-state index contributed by atoms with van der Waals surface area (Å²) in [4.78, 5) is 14.6. The molecule has 100 valence electrons. The number of benzene rings is 1. The molecule has 0 aliphatic carbocycles. The van der Waals surface area contributed by atoms with Crippen molar-refractivity contribution >= 4 is 22.1 Å². The second kappa shape index (κ2) is 5.62. The van der Waals surface area contributed by atoms with Gasteiger partial charge in [-0.1, -0.05) is 0 Å². The Labute approximate surface area is 110 Å². The molecule has 1 aromatic heterocycles. The maximum atomic E-state index is 11.0. The lowest BCUT2D eigenvalue weighted by Gasteiger charge is -2.13. The summed E-state index contributed by atoms with van der Waals surface area (Å²) in [5.41, 5.74) is 0.903. The Morgan fingerprint density at radius 2 is 2.21 bits per heavy atom. The summed E-state index contributed by atoms with van der Waals surface area (Å²) < 4.78 is 5.16. The number of nitrogens with zero attached hydrogens (tertiary/aromatic N) is 2. The summed E-state index contributed by atoms with van der Waals surface area (Å²) in [5, 5.41) is 15.5. The van der Waals surface area contributed by atoms with Gasteiger partial charge in [0.1, 0.15) is 0 Å². The minimum Gasteiger partial charge on any atom is -0.382 e. The summed E-state index contributed by atoms with van der Waals surface area (Å²) in [6.07, 6.45) is 3.24. The Morgan fingerprint density at radius 1 is 1.42 bits per heavy atom. The zero-order valence-electron chi connectivity index (χ0n) is 10.8. The molecule has 6 heteroatoms. The van der Waals surface area contributed by atoms with Gasteiger partial charge in [0, 0.05) is 43.2 Å². The van der Waals surface area contributed by atoms with Crippen LogP contribution in [0.1, 0.15) is 6.92 Å². The number of fused-ring (bicyclic) bond motifs is 1. The Hall–Kier alpha value is -2.21. The van der Waals surface area contributed by atoms with E-state index in [0.29, 0.717) is 11.9 Å². The first-order valence-electron chi connectivity index (χ1n) is 5.91. The third kappa shape index (κ3) is 2.79. The van der Waals surface area contributed by atoms with E-state index in [-0.39, 0.29) is 16.7 Å². The van der Waals surface area contributed by atoms with Crippen molar-refractivity contribution in [2.75, 3.05) is 19.0 Å². The van der Waals surface area contributed by atoms with E-state index in [4.69, 9.17) is 4.74 Å². The molecule has 1 aromatic carbocycles. The van der Waals surface area contributed by atoms with Gasteiger partial charge in [0.2, 0.25) is 0 Å². The number of nitrogens with one attached hydrogen (secondary N) is 1. The van der Waals surface area contributed by atoms with Crippen molar-refractivity contribution in [2.45, 2.75) is 13.0 Å². The van der Waals surface area contributed by atoms with Crippen molar-refractivity contribution in [3.63, 3.8) is 0 Å². The van der Waals surface area contributed by atoms with Crippen LogP contribution < -0.4 is 5.32 Å². The first-order chi connectivity index (χ1) is 9.13. The van der Waals surface area contributed by atoms with Gasteiger partial charge in [0.25, 0.3) is 5.69 Å². The zero-order chi connectivity index (χ0) is 13.8. The molecule has 2 rings (SSSR count). The highest BCUT2D eigenvalue weighted by atomic mass is 16.6. The maximum Gasteiger partial charge on any atom is 0.277 e. The van der Waals surface area contributed by atoms with Crippen LogP contribution in [0.15, 0.2) is 30.6 Å². The second-order valence-electron chi connectivity index (χ2n) is 4.24. The molecule has 1 atom stereocenters. The van der Waals surface area contributed by atoms with Crippen LogP contribution in [0.4, 0.5) is 11.4 Å². The first kappa shape index (κ1) is 13.2. The van der Waals surface area contributed by atoms with Crippen molar-refractivity contribution in [3.05, 3.63) is 40.7 Å². The summed E-state index contributed by atoms with van der Waals surface area (Å²) in [6.45, 7) is 2.57. The monoisotopic (exact) mass is 261 g/mol. The Balaban J connectivity index is 2.41. The fourth-order valence-corrected chi connectivity index (χ4v) is 1.82. The molecule has 0 aliphatic rings. The number of hydrogen-bond donors (Lipinski definition) is 1. The molecule has 0 amide bonds. The van der Waals surface area contributed by atoms with Gasteiger partial charge in [-0.2, -0.15) is 0 Å². The number of ether oxygens (including phenoxy) is 1. The molecule has 0 spiro atoms. The van der Waals surface area contributed by atoms with Crippen LogP contribution in [0.3, 0.4) is 0 Å². The molecule has 1 heterocycles. The Kier molecular flexibility index (Phi) is 3.91. The lowest BCUT2D eigenvalue weighted by molar-refractivity contribution is -0.383. The van der Waals surface area contributed by atoms with E-state index in [1.54, 1.807) is 31.6 Å². The molecule has 0 fully saturated rings. The molecule has 0 saturated heterocycles. The first-order valence-corrected chi connectivity index (χ1v) is 5.91. The molecular weight excluding hydrogens is 246 g/mol. The highest BCUT2D eigenvalue weighted by molar-refractivity contribution is 5.99. The third-order valence-electron chi connectivity index (χ3n) is 2.97. The minimum absolute atomic E-state index is 0.0573. The molecule has 2 aromatic rings. The normalized spacial score (nSPS) is 12.3. The van der Waals surface area contributed by atoms with Gasteiger partial charge in [0.15, 0.2) is 0 Å². The second-order valence-corrected chi connectivity index (χ2v) is 4.24. The SMILES string of the molecule is COC(C)CNc1ccc([N+](=O)[O-])c2ccncc12. The molecule has 0 aliphatic heterocycles. The van der Waals surface area contributed by atoms with E-state index in [2.05, 4.69) is 10.3 Å². The lowest BCUT2D eigenvalue weighted by Crippen LogP contribution is -2.18. The number of non-ortho nitro benzene ring substituents is 1. The third-order valence-corrected chi connectivity index (χ3v) is 2.97. The predicted octanol–water partition coefficient (Wildman–Crippen LogP) is 2.59. The van der Waals surface area contributed by atoms with E-state index in [1.165, 1.54) is 6.07 Å². The molecule has 0 radical (unpaired) electrons. The fraction of sp³-hybridized carbons (Fsp3) is 0.308. The topological polar surface area (TPSA) is 77.3 Å². The van der Waals surface area contributed by atoms with E-state index >= 15 is 0 Å². The highest BCUT2D eigenvalue weighted by Crippen LogP contribution is 2.30. The number of aromatic nitrogens is 1. The number of hydrogen-bond acceptors (Lipinski definition) is 5. The number of nitro benzene ring substituents is 1. The summed E-state index contributed by atoms with van der Waals surface area (Å²) in [5.74, 6) is 0. The number of anilines is 1. The number of pyridine rings is 1. The van der Waals surface area contributed by atoms with E-state index in [0.717, 1.165) is 11.1 Å². The van der Waals surface area contributed by atoms with Crippen molar-refractivity contribution in [1.82, 2.24) is 4.98 Å². The standard InChI is InChI=1S/C13H15N3O3/c1-9(19-2)7-15-12-3-4-13(16(17)18)10-5-6-14-8-11(10)12/h3-6,8-9,15H,7H2,1-2H3. The highest BCUT2D eigenvalue weighted by Gasteiger charge is 2.14. The molecule has 1 N–H and O–H groups in total. The van der Waals surface area contributed by atoms with Crippen LogP contribution in [0, 0.1) is 10.1 Å². The van der Waals surface area contributed by atoms with Crippen LogP contribution in [0.2, 0.25) is 0 Å². The average Bonchev–Trinajstić information content (AvgIpc) is 2.43. The fourth-order valence-electron chi connectivity index (χ4n) is 1.82. The van der Waals surface area contributed by atoms with Crippen LogP contribution in [-0.2, 0) is 4.74 Å². The zero-order valence-corrected chi connectivity index (χ0v) is 10.8. The minimum atomic E-state index is -0.385. The van der Waals surface area contributed by atoms with Crippen LogP contribution in [0.25, 0.3) is 10.8 Å². The molecule has 19 heavy (non-hydrogen) atoms. The molecular formula is C13H15N3O3. The average molecular weight is 261 g/mol. The van der Waals surface area contributed by atoms with E-state index in [1.807, 2.05) is 6.92 Å². The Bertz CT molecular complexity index is 601. The summed E-state index contributed by atoms with van der Waals surface area (Å²) in [7, 11) is 1.64. The van der Waals surface area contributed by atoms with Crippen LogP contribution >= 0.6 is 0 Å². The van der Waals surface area contributed by atoms with Crippen molar-refractivity contribution in [1.29, 1.82) is 0 Å². The quantitative estimate of drug-likeness (QED) is 0.661. The van der Waals surface area contributed by atoms with Gasteiger partial charge in [-0.15, -0.1) is 0 Å². The van der Waals surface area contributed by atoms with Crippen molar-refractivity contribution in [3.8, 4) is 0 Å². The number of nitro groups is 1. The van der Waals surface area contributed by atoms with Gasteiger partial charge in [-0.25, -0.2) is 0 Å². The van der Waals surface area contributed by atoms with Gasteiger partial charge in [-0.3, -0.25) is 15.1 Å². The molecule has 6 nitrogen and oxygen atoms in total. The van der Waals surface area contributed by atoms with Crippen LogP contribution in [-0.4, -0.2) is 29.7 Å². The van der Waals surface area contributed by atoms with Crippen molar-refractivity contribution in [2.24, 2.45) is 0 Å². The van der Waals surface area contributed by atoms with E-state index in [9.17, 15) is 10.1 Å². The number of methoxy groups -OCH3 is 1. The summed E-state index contributed by atoms with van der Waals surface area (Å²) in [6, 6.07) is 4.85. The molecule has 1 unspecified atom stereocenters. The van der Waals surface area contributed by atoms with Gasteiger partial charge in [0.05, 0.1) is 16.4 Å². The van der Waals surface area contributed by atoms with Crippen molar-refractivity contribution < 1.29 is 9.66 Å². The van der Waals surface area contributed by atoms with Gasteiger partial charge in [-0.05, 0) is 19.1 Å². The maximum absolute atomic E-state index is 11.0. The van der Waals surface area contributed by atoms with Gasteiger partial charge < -0.3 is 10.1 Å². The van der Waals surface area contributed by atoms with Crippen LogP contribution in [0.5, 0.6) is 0 Å². The predicted molar refractivity (Wildman–Crippen MR) is 73.4 cm³/mol. The molecule has 0 bridgehead atoms. The van der Waals surface area contributed by atoms with Gasteiger partial charge >= 0.3 is 0 Å². The summed E-state index contributed by atoms with van der Waals surface area (Å²) >= 11 is 0. The molecule has 0 saturated carbocycles. The largest absolute Gasteiger partial charge is 0.382 e. The number of rotatable bonds is 5. The Morgan fingerprint density at radius 3 is 2.89 bits per heavy atom.